The van der Waals surface area contributed by atoms with Gasteiger partial charge < -0.3 is 5.11 Å². The number of carbonyl (C=O) groups is 1. The van der Waals surface area contributed by atoms with E-state index in [4.69, 9.17) is 0 Å². The van der Waals surface area contributed by atoms with Gasteiger partial charge in [0.2, 0.25) is 0 Å². The van der Waals surface area contributed by atoms with Crippen molar-refractivity contribution in [1.82, 2.24) is 4.98 Å². The lowest BCUT2D eigenvalue weighted by Gasteiger charge is -2.19. The number of carboxylic acid groups (broad SMARTS) is 1. The maximum absolute atomic E-state index is 11.3. The first-order chi connectivity index (χ1) is 9.86. The Kier molecular flexibility index (Phi) is 2.94. The van der Waals surface area contributed by atoms with Crippen LogP contribution >= 0.6 is 0 Å². The van der Waals surface area contributed by atoms with Gasteiger partial charge in [0, 0.05) is 10.8 Å². The molecule has 0 atom stereocenters. The zero-order valence-corrected chi connectivity index (χ0v) is 12.3. The van der Waals surface area contributed by atoms with Crippen molar-refractivity contribution in [1.29, 1.82) is 0 Å². The second-order valence-electron chi connectivity index (χ2n) is 6.33. The summed E-state index contributed by atoms with van der Waals surface area (Å²) >= 11 is 0. The van der Waals surface area contributed by atoms with Crippen molar-refractivity contribution in [3.05, 3.63) is 53.6 Å². The van der Waals surface area contributed by atoms with E-state index in [1.165, 1.54) is 5.56 Å². The number of aromatic carboxylic acids is 1. The standard InChI is InChI=1S/C18H17NO2/c1-18(2,3)13-7-8-15-12(10-13)9-11-5-4-6-14(17(20)21)16(11)19-15/h4-10H,1-3H3,(H,20,21). The van der Waals surface area contributed by atoms with E-state index in [1.807, 2.05) is 18.2 Å². The Morgan fingerprint density at radius 2 is 1.81 bits per heavy atom. The average Bonchev–Trinajstić information content (AvgIpc) is 2.42. The Hall–Kier alpha value is -2.42. The lowest BCUT2D eigenvalue weighted by Crippen LogP contribution is -2.10. The minimum absolute atomic E-state index is 0.0755. The molecule has 0 spiro atoms. The second kappa shape index (κ2) is 4.55. The summed E-state index contributed by atoms with van der Waals surface area (Å²) in [7, 11) is 0. The zero-order chi connectivity index (χ0) is 15.2. The topological polar surface area (TPSA) is 50.2 Å². The fourth-order valence-corrected chi connectivity index (χ4v) is 2.50. The molecule has 0 aliphatic carbocycles. The molecule has 1 N–H and O–H groups in total. The predicted octanol–water partition coefficient (Wildman–Crippen LogP) is 4.38. The Morgan fingerprint density at radius 1 is 1.05 bits per heavy atom. The number of hydrogen-bond donors (Lipinski definition) is 1. The molecule has 3 aromatic rings. The van der Waals surface area contributed by atoms with Crippen LogP contribution in [0.25, 0.3) is 21.8 Å². The smallest absolute Gasteiger partial charge is 0.337 e. The maximum Gasteiger partial charge on any atom is 0.337 e. The summed E-state index contributed by atoms with van der Waals surface area (Å²) < 4.78 is 0. The van der Waals surface area contributed by atoms with E-state index in [0.29, 0.717) is 5.52 Å². The number of rotatable bonds is 1. The normalized spacial score (nSPS) is 12.0. The van der Waals surface area contributed by atoms with Crippen molar-refractivity contribution >= 4 is 27.8 Å². The van der Waals surface area contributed by atoms with Gasteiger partial charge in [-0.1, -0.05) is 39.0 Å². The number of benzene rings is 2. The van der Waals surface area contributed by atoms with Crippen molar-refractivity contribution < 1.29 is 9.90 Å². The number of fused-ring (bicyclic) bond motifs is 2. The van der Waals surface area contributed by atoms with Gasteiger partial charge in [-0.2, -0.15) is 0 Å². The van der Waals surface area contributed by atoms with Crippen LogP contribution in [0, 0.1) is 0 Å². The van der Waals surface area contributed by atoms with Crippen LogP contribution in [-0.2, 0) is 5.41 Å². The molecule has 0 fully saturated rings. The van der Waals surface area contributed by atoms with E-state index in [2.05, 4.69) is 37.9 Å². The number of hydrogen-bond acceptors (Lipinski definition) is 2. The van der Waals surface area contributed by atoms with E-state index >= 15 is 0 Å². The number of para-hydroxylation sites is 1. The van der Waals surface area contributed by atoms with E-state index in [0.717, 1.165) is 16.3 Å². The Bertz CT molecular complexity index is 860. The molecule has 3 nitrogen and oxygen atoms in total. The summed E-state index contributed by atoms with van der Waals surface area (Å²) in [5.74, 6) is -0.946. The molecule has 0 saturated carbocycles. The summed E-state index contributed by atoms with van der Waals surface area (Å²) in [5.41, 5.74) is 2.93. The van der Waals surface area contributed by atoms with Gasteiger partial charge in [0.25, 0.3) is 0 Å². The van der Waals surface area contributed by atoms with Crippen molar-refractivity contribution in [3.8, 4) is 0 Å². The van der Waals surface area contributed by atoms with Gasteiger partial charge in [-0.3, -0.25) is 0 Å². The van der Waals surface area contributed by atoms with Crippen molar-refractivity contribution in [2.75, 3.05) is 0 Å². The highest BCUT2D eigenvalue weighted by atomic mass is 16.4. The molecular formula is C18H17NO2. The first-order valence-corrected chi connectivity index (χ1v) is 6.93. The van der Waals surface area contributed by atoms with Gasteiger partial charge in [0.05, 0.1) is 16.6 Å². The summed E-state index contributed by atoms with van der Waals surface area (Å²) in [6.45, 7) is 6.52. The lowest BCUT2D eigenvalue weighted by atomic mass is 9.86. The van der Waals surface area contributed by atoms with Gasteiger partial charge in [-0.25, -0.2) is 9.78 Å². The molecular weight excluding hydrogens is 262 g/mol. The zero-order valence-electron chi connectivity index (χ0n) is 12.3. The highest BCUT2D eigenvalue weighted by Crippen LogP contribution is 2.28. The van der Waals surface area contributed by atoms with Crippen LogP contribution in [0.4, 0.5) is 0 Å². The SMILES string of the molecule is CC(C)(C)c1ccc2nc3c(C(=O)O)cccc3cc2c1. The largest absolute Gasteiger partial charge is 0.478 e. The Morgan fingerprint density at radius 3 is 2.48 bits per heavy atom. The summed E-state index contributed by atoms with van der Waals surface area (Å²) in [5, 5.41) is 11.2. The number of nitrogens with zero attached hydrogens (tertiary/aromatic N) is 1. The summed E-state index contributed by atoms with van der Waals surface area (Å²) in [6, 6.07) is 13.4. The third-order valence-electron chi connectivity index (χ3n) is 3.73. The quantitative estimate of drug-likeness (QED) is 0.672. The third kappa shape index (κ3) is 2.35. The van der Waals surface area contributed by atoms with E-state index in [9.17, 15) is 9.90 Å². The van der Waals surface area contributed by atoms with Crippen molar-refractivity contribution in [2.45, 2.75) is 26.2 Å². The van der Waals surface area contributed by atoms with Crippen molar-refractivity contribution in [3.63, 3.8) is 0 Å². The van der Waals surface area contributed by atoms with Crippen LogP contribution in [0.3, 0.4) is 0 Å². The van der Waals surface area contributed by atoms with Crippen LogP contribution in [0.5, 0.6) is 0 Å². The fourth-order valence-electron chi connectivity index (χ4n) is 2.50. The molecule has 3 rings (SSSR count). The van der Waals surface area contributed by atoms with Crippen LogP contribution in [0.15, 0.2) is 42.5 Å². The number of pyridine rings is 1. The van der Waals surface area contributed by atoms with Gasteiger partial charge in [0.15, 0.2) is 0 Å². The monoisotopic (exact) mass is 279 g/mol. The van der Waals surface area contributed by atoms with E-state index in [1.54, 1.807) is 12.1 Å². The van der Waals surface area contributed by atoms with Gasteiger partial charge >= 0.3 is 5.97 Å². The minimum Gasteiger partial charge on any atom is -0.478 e. The molecule has 0 aliphatic rings. The average molecular weight is 279 g/mol. The highest BCUT2D eigenvalue weighted by molar-refractivity contribution is 6.04. The number of aromatic nitrogens is 1. The predicted molar refractivity (Wildman–Crippen MR) is 84.9 cm³/mol. The number of carboxylic acids is 1. The summed E-state index contributed by atoms with van der Waals surface area (Å²) in [6.07, 6.45) is 0. The Balaban J connectivity index is 2.32. The first-order valence-electron chi connectivity index (χ1n) is 6.93. The molecule has 0 radical (unpaired) electrons. The maximum atomic E-state index is 11.3. The molecule has 1 heterocycles. The molecule has 1 aromatic heterocycles. The van der Waals surface area contributed by atoms with Gasteiger partial charge in [-0.15, -0.1) is 0 Å². The van der Waals surface area contributed by atoms with Crippen LogP contribution in [0.1, 0.15) is 36.7 Å². The molecule has 0 unspecified atom stereocenters. The molecule has 0 bridgehead atoms. The molecule has 0 amide bonds. The molecule has 3 heteroatoms. The van der Waals surface area contributed by atoms with E-state index in [-0.39, 0.29) is 11.0 Å². The highest BCUT2D eigenvalue weighted by Gasteiger charge is 2.15. The lowest BCUT2D eigenvalue weighted by molar-refractivity contribution is 0.0699. The van der Waals surface area contributed by atoms with Crippen molar-refractivity contribution in [2.24, 2.45) is 0 Å². The Labute approximate surface area is 123 Å². The first kappa shape index (κ1) is 13.6. The molecule has 2 aromatic carbocycles. The van der Waals surface area contributed by atoms with Gasteiger partial charge in [0.1, 0.15) is 0 Å². The fraction of sp³-hybridized carbons (Fsp3) is 0.222. The molecule has 21 heavy (non-hydrogen) atoms. The van der Waals surface area contributed by atoms with Gasteiger partial charge in [-0.05, 0) is 35.2 Å². The molecule has 0 saturated heterocycles. The van der Waals surface area contributed by atoms with Crippen LogP contribution < -0.4 is 0 Å². The molecule has 106 valence electrons. The van der Waals surface area contributed by atoms with Crippen LogP contribution in [-0.4, -0.2) is 16.1 Å². The third-order valence-corrected chi connectivity index (χ3v) is 3.73. The summed E-state index contributed by atoms with van der Waals surface area (Å²) in [4.78, 5) is 15.8. The molecule has 0 aliphatic heterocycles. The second-order valence-corrected chi connectivity index (χ2v) is 6.33. The van der Waals surface area contributed by atoms with E-state index < -0.39 is 5.97 Å². The minimum atomic E-state index is -0.946. The van der Waals surface area contributed by atoms with Crippen LogP contribution in [0.2, 0.25) is 0 Å².